The fraction of sp³-hybridized carbons (Fsp3) is 0.412. The van der Waals surface area contributed by atoms with E-state index in [-0.39, 0.29) is 5.75 Å². The zero-order valence-electron chi connectivity index (χ0n) is 12.9. The maximum atomic E-state index is 9.49. The van der Waals surface area contributed by atoms with E-state index in [4.69, 9.17) is 10.7 Å². The first-order valence-corrected chi connectivity index (χ1v) is 7.83. The van der Waals surface area contributed by atoms with Crippen molar-refractivity contribution in [1.29, 1.82) is 0 Å². The number of aromatic nitrogens is 2. The van der Waals surface area contributed by atoms with Gasteiger partial charge in [0.15, 0.2) is 0 Å². The molecule has 0 unspecified atom stereocenters. The molecule has 5 nitrogen and oxygen atoms in total. The van der Waals surface area contributed by atoms with Crippen LogP contribution in [0, 0.1) is 0 Å². The van der Waals surface area contributed by atoms with Gasteiger partial charge in [-0.25, -0.2) is 9.97 Å². The Morgan fingerprint density at radius 1 is 1.23 bits per heavy atom. The highest BCUT2D eigenvalue weighted by atomic mass is 16.3. The molecule has 3 N–H and O–H groups in total. The van der Waals surface area contributed by atoms with Crippen LogP contribution in [0.5, 0.6) is 5.75 Å². The summed E-state index contributed by atoms with van der Waals surface area (Å²) >= 11 is 0. The van der Waals surface area contributed by atoms with Crippen LogP contribution in [0.1, 0.15) is 25.6 Å². The average Bonchev–Trinajstić information content (AvgIpc) is 2.56. The molecule has 0 atom stereocenters. The van der Waals surface area contributed by atoms with E-state index in [2.05, 4.69) is 16.8 Å². The van der Waals surface area contributed by atoms with Crippen LogP contribution in [0.3, 0.4) is 0 Å². The summed E-state index contributed by atoms with van der Waals surface area (Å²) in [6.07, 6.45) is 4.70. The van der Waals surface area contributed by atoms with E-state index in [1.54, 1.807) is 12.1 Å². The molecule has 0 spiro atoms. The number of rotatable bonds is 3. The molecular formula is C17H22N4O. The summed E-state index contributed by atoms with van der Waals surface area (Å²) in [6.45, 7) is 3.91. The number of aromatic hydroxyl groups is 1. The Bertz CT molecular complexity index is 634. The molecule has 116 valence electrons. The lowest BCUT2D eigenvalue weighted by molar-refractivity contribution is 0.475. The first-order chi connectivity index (χ1) is 10.7. The van der Waals surface area contributed by atoms with Crippen molar-refractivity contribution >= 4 is 5.69 Å². The van der Waals surface area contributed by atoms with E-state index in [0.29, 0.717) is 6.04 Å². The largest absolute Gasteiger partial charge is 0.508 e. The van der Waals surface area contributed by atoms with E-state index in [1.807, 2.05) is 18.3 Å². The molecule has 1 aromatic carbocycles. The van der Waals surface area contributed by atoms with Gasteiger partial charge in [0.25, 0.3) is 0 Å². The SMILES string of the molecule is CCc1ncc(N2CCC(N)CC2)c(-c2ccc(O)cc2)n1. The Kier molecular flexibility index (Phi) is 4.24. The van der Waals surface area contributed by atoms with E-state index in [0.717, 1.165) is 55.1 Å². The number of hydrogen-bond donors (Lipinski definition) is 2. The van der Waals surface area contributed by atoms with Gasteiger partial charge in [-0.3, -0.25) is 0 Å². The molecule has 1 fully saturated rings. The molecule has 0 amide bonds. The smallest absolute Gasteiger partial charge is 0.128 e. The fourth-order valence-corrected chi connectivity index (χ4v) is 2.79. The quantitative estimate of drug-likeness (QED) is 0.909. The summed E-state index contributed by atoms with van der Waals surface area (Å²) in [7, 11) is 0. The second-order valence-electron chi connectivity index (χ2n) is 5.74. The third-order valence-electron chi connectivity index (χ3n) is 4.16. The zero-order chi connectivity index (χ0) is 15.5. The Labute approximate surface area is 130 Å². The second kappa shape index (κ2) is 6.32. The topological polar surface area (TPSA) is 75.3 Å². The van der Waals surface area contributed by atoms with E-state index in [1.165, 1.54) is 0 Å². The molecule has 0 aliphatic carbocycles. The number of benzene rings is 1. The van der Waals surface area contributed by atoms with E-state index in [9.17, 15) is 5.11 Å². The molecule has 1 saturated heterocycles. The maximum absolute atomic E-state index is 9.49. The van der Waals surface area contributed by atoms with Crippen molar-refractivity contribution in [2.24, 2.45) is 5.73 Å². The van der Waals surface area contributed by atoms with Crippen molar-refractivity contribution in [2.75, 3.05) is 18.0 Å². The summed E-state index contributed by atoms with van der Waals surface area (Å²) in [5, 5.41) is 9.49. The maximum Gasteiger partial charge on any atom is 0.128 e. The number of anilines is 1. The molecule has 22 heavy (non-hydrogen) atoms. The Morgan fingerprint density at radius 2 is 1.91 bits per heavy atom. The van der Waals surface area contributed by atoms with Gasteiger partial charge in [0.2, 0.25) is 0 Å². The van der Waals surface area contributed by atoms with Gasteiger partial charge in [0, 0.05) is 31.1 Å². The molecule has 0 radical (unpaired) electrons. The third-order valence-corrected chi connectivity index (χ3v) is 4.16. The fourth-order valence-electron chi connectivity index (χ4n) is 2.79. The lowest BCUT2D eigenvalue weighted by atomic mass is 10.0. The van der Waals surface area contributed by atoms with Crippen LogP contribution in [-0.2, 0) is 6.42 Å². The van der Waals surface area contributed by atoms with Crippen molar-refractivity contribution in [3.05, 3.63) is 36.3 Å². The number of hydrogen-bond acceptors (Lipinski definition) is 5. The molecule has 3 rings (SSSR count). The Hall–Kier alpha value is -2.14. The number of piperidine rings is 1. The summed E-state index contributed by atoms with van der Waals surface area (Å²) in [4.78, 5) is 11.5. The Morgan fingerprint density at radius 3 is 2.55 bits per heavy atom. The van der Waals surface area contributed by atoms with Crippen LogP contribution in [0.15, 0.2) is 30.5 Å². The molecule has 1 aliphatic rings. The molecule has 2 aromatic rings. The number of phenols is 1. The first kappa shape index (κ1) is 14.8. The van der Waals surface area contributed by atoms with E-state index >= 15 is 0 Å². The van der Waals surface area contributed by atoms with Crippen molar-refractivity contribution < 1.29 is 5.11 Å². The predicted octanol–water partition coefficient (Wildman–Crippen LogP) is 2.34. The summed E-state index contributed by atoms with van der Waals surface area (Å²) in [6, 6.07) is 7.48. The first-order valence-electron chi connectivity index (χ1n) is 7.83. The van der Waals surface area contributed by atoms with Gasteiger partial charge >= 0.3 is 0 Å². The minimum atomic E-state index is 0.263. The molecule has 0 bridgehead atoms. The standard InChI is InChI=1S/C17H22N4O/c1-2-16-19-11-15(21-9-7-13(18)8-10-21)17(20-16)12-3-5-14(22)6-4-12/h3-6,11,13,22H,2,7-10,18H2,1H3. The summed E-state index contributed by atoms with van der Waals surface area (Å²) in [5.41, 5.74) is 8.98. The van der Waals surface area contributed by atoms with E-state index < -0.39 is 0 Å². The highest BCUT2D eigenvalue weighted by Crippen LogP contribution is 2.31. The van der Waals surface area contributed by atoms with Crippen LogP contribution in [0.2, 0.25) is 0 Å². The van der Waals surface area contributed by atoms with Gasteiger partial charge in [-0.15, -0.1) is 0 Å². The van der Waals surface area contributed by atoms with Crippen LogP contribution in [0.4, 0.5) is 5.69 Å². The van der Waals surface area contributed by atoms with Gasteiger partial charge in [0.05, 0.1) is 17.6 Å². The van der Waals surface area contributed by atoms with Gasteiger partial charge in [-0.05, 0) is 37.1 Å². The predicted molar refractivity (Wildman–Crippen MR) is 87.9 cm³/mol. The molecule has 1 aromatic heterocycles. The molecular weight excluding hydrogens is 276 g/mol. The second-order valence-corrected chi connectivity index (χ2v) is 5.74. The number of nitrogens with zero attached hydrogens (tertiary/aromatic N) is 3. The van der Waals surface area contributed by atoms with Crippen LogP contribution >= 0.6 is 0 Å². The van der Waals surface area contributed by atoms with Crippen molar-refractivity contribution in [2.45, 2.75) is 32.2 Å². The highest BCUT2D eigenvalue weighted by molar-refractivity contribution is 5.75. The molecule has 2 heterocycles. The van der Waals surface area contributed by atoms with Gasteiger partial charge in [-0.1, -0.05) is 6.92 Å². The lowest BCUT2D eigenvalue weighted by Gasteiger charge is -2.32. The Balaban J connectivity index is 2.00. The highest BCUT2D eigenvalue weighted by Gasteiger charge is 2.20. The minimum absolute atomic E-state index is 0.263. The van der Waals surface area contributed by atoms with Gasteiger partial charge < -0.3 is 15.7 Å². The summed E-state index contributed by atoms with van der Waals surface area (Å²) in [5.74, 6) is 1.10. The zero-order valence-corrected chi connectivity index (χ0v) is 12.9. The monoisotopic (exact) mass is 298 g/mol. The molecule has 5 heteroatoms. The molecule has 0 saturated carbocycles. The average molecular weight is 298 g/mol. The van der Waals surface area contributed by atoms with Gasteiger partial charge in [-0.2, -0.15) is 0 Å². The lowest BCUT2D eigenvalue weighted by Crippen LogP contribution is -2.40. The van der Waals surface area contributed by atoms with Crippen molar-refractivity contribution in [3.8, 4) is 17.0 Å². The number of nitrogens with two attached hydrogens (primary N) is 1. The summed E-state index contributed by atoms with van der Waals surface area (Å²) < 4.78 is 0. The van der Waals surface area contributed by atoms with Crippen molar-refractivity contribution in [1.82, 2.24) is 9.97 Å². The minimum Gasteiger partial charge on any atom is -0.508 e. The van der Waals surface area contributed by atoms with Crippen molar-refractivity contribution in [3.63, 3.8) is 0 Å². The van der Waals surface area contributed by atoms with Crippen LogP contribution in [0.25, 0.3) is 11.3 Å². The molecule has 1 aliphatic heterocycles. The van der Waals surface area contributed by atoms with Crippen LogP contribution in [-0.4, -0.2) is 34.2 Å². The number of phenolic OH excluding ortho intramolecular Hbond substituents is 1. The third kappa shape index (κ3) is 3.04. The van der Waals surface area contributed by atoms with Gasteiger partial charge in [0.1, 0.15) is 11.6 Å². The normalized spacial score (nSPS) is 16.0. The van der Waals surface area contributed by atoms with Crippen LogP contribution < -0.4 is 10.6 Å². The number of aryl methyl sites for hydroxylation is 1.